The van der Waals surface area contributed by atoms with E-state index in [4.69, 9.17) is 5.73 Å². The zero-order chi connectivity index (χ0) is 15.0. The summed E-state index contributed by atoms with van der Waals surface area (Å²) >= 11 is 0. The van der Waals surface area contributed by atoms with Gasteiger partial charge in [0.2, 0.25) is 5.95 Å². The minimum atomic E-state index is 0.347. The van der Waals surface area contributed by atoms with Gasteiger partial charge in [0.25, 0.3) is 0 Å². The van der Waals surface area contributed by atoms with E-state index < -0.39 is 0 Å². The average molecular weight is 286 g/mol. The summed E-state index contributed by atoms with van der Waals surface area (Å²) in [7, 11) is 0. The first-order valence-corrected chi connectivity index (χ1v) is 7.97. The Morgan fingerprint density at radius 2 is 2.14 bits per heavy atom. The fourth-order valence-electron chi connectivity index (χ4n) is 3.77. The first kappa shape index (κ1) is 14.5. The van der Waals surface area contributed by atoms with Gasteiger partial charge in [0.15, 0.2) is 0 Å². The van der Waals surface area contributed by atoms with Crippen LogP contribution < -0.4 is 5.73 Å². The van der Waals surface area contributed by atoms with Gasteiger partial charge < -0.3 is 5.73 Å². The fourth-order valence-corrected chi connectivity index (χ4v) is 3.77. The van der Waals surface area contributed by atoms with Gasteiger partial charge >= 0.3 is 0 Å². The summed E-state index contributed by atoms with van der Waals surface area (Å²) < 4.78 is 0. The van der Waals surface area contributed by atoms with Crippen molar-refractivity contribution in [1.29, 1.82) is 0 Å². The Labute approximate surface area is 127 Å². The minimum Gasteiger partial charge on any atom is -0.368 e. The summed E-state index contributed by atoms with van der Waals surface area (Å²) in [5, 5.41) is 0. The Morgan fingerprint density at radius 3 is 2.90 bits per heavy atom. The molecule has 0 fully saturated rings. The van der Waals surface area contributed by atoms with Crippen LogP contribution in [-0.4, -0.2) is 28.0 Å². The first-order valence-electron chi connectivity index (χ1n) is 7.97. The van der Waals surface area contributed by atoms with E-state index in [0.29, 0.717) is 11.4 Å². The van der Waals surface area contributed by atoms with Crippen molar-refractivity contribution in [3.05, 3.63) is 28.6 Å². The van der Waals surface area contributed by atoms with E-state index in [1.165, 1.54) is 24.8 Å². The molecular weight excluding hydrogens is 260 g/mol. The molecule has 0 unspecified atom stereocenters. The highest BCUT2D eigenvalue weighted by Gasteiger charge is 2.30. The number of rotatable bonds is 2. The van der Waals surface area contributed by atoms with E-state index in [2.05, 4.69) is 35.6 Å². The molecule has 0 saturated heterocycles. The molecule has 1 aromatic rings. The van der Waals surface area contributed by atoms with Crippen molar-refractivity contribution in [3.8, 4) is 0 Å². The minimum absolute atomic E-state index is 0.347. The third-order valence-corrected chi connectivity index (χ3v) is 5.10. The van der Waals surface area contributed by atoms with E-state index in [-0.39, 0.29) is 0 Å². The fraction of sp³-hybridized carbons (Fsp3) is 0.647. The molecule has 114 valence electrons. The second-order valence-electron chi connectivity index (χ2n) is 7.16. The predicted molar refractivity (Wildman–Crippen MR) is 85.8 cm³/mol. The molecule has 1 aliphatic heterocycles. The molecule has 0 spiro atoms. The van der Waals surface area contributed by atoms with E-state index in [0.717, 1.165) is 31.7 Å². The number of nitrogens with zero attached hydrogens (tertiary/aromatic N) is 3. The van der Waals surface area contributed by atoms with Gasteiger partial charge in [0.1, 0.15) is 0 Å². The van der Waals surface area contributed by atoms with Crippen LogP contribution in [0, 0.1) is 5.41 Å². The molecule has 2 aliphatic rings. The standard InChI is InChI=1S/C17H26N4/c1-12-5-4-7-17(2,3)14(12)11-21-8-6-15-13(10-21)9-19-16(18)20-15/h9H,4-8,10-11H2,1-3H3,(H2,18,19,20). The molecule has 2 N–H and O–H groups in total. The monoisotopic (exact) mass is 286 g/mol. The third kappa shape index (κ3) is 2.95. The highest BCUT2D eigenvalue weighted by molar-refractivity contribution is 5.28. The zero-order valence-electron chi connectivity index (χ0n) is 13.4. The van der Waals surface area contributed by atoms with Gasteiger partial charge in [-0.1, -0.05) is 25.0 Å². The number of aromatic nitrogens is 2. The molecule has 4 heteroatoms. The van der Waals surface area contributed by atoms with Crippen molar-refractivity contribution in [2.45, 2.75) is 53.0 Å². The van der Waals surface area contributed by atoms with Crippen LogP contribution in [0.2, 0.25) is 0 Å². The van der Waals surface area contributed by atoms with Crippen LogP contribution in [-0.2, 0) is 13.0 Å². The smallest absolute Gasteiger partial charge is 0.220 e. The number of hydrogen-bond acceptors (Lipinski definition) is 4. The van der Waals surface area contributed by atoms with Gasteiger partial charge in [-0.2, -0.15) is 0 Å². The molecule has 0 amide bonds. The largest absolute Gasteiger partial charge is 0.368 e. The van der Waals surface area contributed by atoms with Crippen LogP contribution in [0.25, 0.3) is 0 Å². The lowest BCUT2D eigenvalue weighted by atomic mass is 9.72. The molecule has 21 heavy (non-hydrogen) atoms. The summed E-state index contributed by atoms with van der Waals surface area (Å²) in [4.78, 5) is 11.0. The Bertz CT molecular complexity index is 574. The average Bonchev–Trinajstić information content (AvgIpc) is 2.43. The Balaban J connectivity index is 1.76. The van der Waals surface area contributed by atoms with Crippen LogP contribution in [0.4, 0.5) is 5.95 Å². The highest BCUT2D eigenvalue weighted by Crippen LogP contribution is 2.40. The Kier molecular flexibility index (Phi) is 3.74. The van der Waals surface area contributed by atoms with Crippen molar-refractivity contribution in [1.82, 2.24) is 14.9 Å². The predicted octanol–water partition coefficient (Wildman–Crippen LogP) is 2.94. The molecule has 3 rings (SSSR count). The molecular formula is C17H26N4. The molecule has 0 aromatic carbocycles. The molecule has 2 heterocycles. The van der Waals surface area contributed by atoms with Crippen LogP contribution >= 0.6 is 0 Å². The van der Waals surface area contributed by atoms with Crippen LogP contribution in [0.3, 0.4) is 0 Å². The second-order valence-corrected chi connectivity index (χ2v) is 7.16. The Morgan fingerprint density at radius 1 is 1.33 bits per heavy atom. The number of nitrogens with two attached hydrogens (primary N) is 1. The summed E-state index contributed by atoms with van der Waals surface area (Å²) in [6.45, 7) is 10.2. The van der Waals surface area contributed by atoms with Gasteiger partial charge in [0, 0.05) is 37.8 Å². The molecule has 0 atom stereocenters. The number of hydrogen-bond donors (Lipinski definition) is 1. The normalized spacial score (nSPS) is 22.2. The quantitative estimate of drug-likeness (QED) is 0.849. The SMILES string of the molecule is CC1=C(CN2CCc3nc(N)ncc3C2)C(C)(C)CCC1. The summed E-state index contributed by atoms with van der Waals surface area (Å²) in [5.74, 6) is 0.397. The number of anilines is 1. The van der Waals surface area contributed by atoms with Gasteiger partial charge in [-0.25, -0.2) is 9.97 Å². The van der Waals surface area contributed by atoms with Crippen molar-refractivity contribution >= 4 is 5.95 Å². The van der Waals surface area contributed by atoms with Crippen molar-refractivity contribution in [2.24, 2.45) is 5.41 Å². The van der Waals surface area contributed by atoms with Gasteiger partial charge in [0.05, 0.1) is 5.69 Å². The maximum atomic E-state index is 5.68. The topological polar surface area (TPSA) is 55.0 Å². The lowest BCUT2D eigenvalue weighted by molar-refractivity contribution is 0.239. The van der Waals surface area contributed by atoms with E-state index in [1.54, 1.807) is 11.1 Å². The van der Waals surface area contributed by atoms with Crippen molar-refractivity contribution in [2.75, 3.05) is 18.8 Å². The molecule has 0 saturated carbocycles. The summed E-state index contributed by atoms with van der Waals surface area (Å²) in [5.41, 5.74) is 11.6. The van der Waals surface area contributed by atoms with E-state index in [1.807, 2.05) is 6.20 Å². The van der Waals surface area contributed by atoms with Gasteiger partial charge in [-0.05, 0) is 31.6 Å². The highest BCUT2D eigenvalue weighted by atomic mass is 15.1. The number of allylic oxidation sites excluding steroid dienone is 1. The van der Waals surface area contributed by atoms with Crippen LogP contribution in [0.1, 0.15) is 51.3 Å². The molecule has 4 nitrogen and oxygen atoms in total. The Hall–Kier alpha value is -1.42. The summed E-state index contributed by atoms with van der Waals surface area (Å²) in [6, 6.07) is 0. The van der Waals surface area contributed by atoms with Crippen molar-refractivity contribution in [3.63, 3.8) is 0 Å². The van der Waals surface area contributed by atoms with Crippen LogP contribution in [0.15, 0.2) is 17.3 Å². The van der Waals surface area contributed by atoms with Gasteiger partial charge in [-0.3, -0.25) is 4.90 Å². The maximum Gasteiger partial charge on any atom is 0.220 e. The van der Waals surface area contributed by atoms with Crippen molar-refractivity contribution < 1.29 is 0 Å². The number of nitrogen functional groups attached to an aromatic ring is 1. The molecule has 0 bridgehead atoms. The third-order valence-electron chi connectivity index (χ3n) is 5.10. The summed E-state index contributed by atoms with van der Waals surface area (Å²) in [6.07, 6.45) is 6.79. The lowest BCUT2D eigenvalue weighted by Gasteiger charge is -2.38. The molecule has 1 aliphatic carbocycles. The molecule has 1 aromatic heterocycles. The van der Waals surface area contributed by atoms with E-state index >= 15 is 0 Å². The van der Waals surface area contributed by atoms with Gasteiger partial charge in [-0.15, -0.1) is 0 Å². The zero-order valence-corrected chi connectivity index (χ0v) is 13.4. The van der Waals surface area contributed by atoms with E-state index in [9.17, 15) is 0 Å². The lowest BCUT2D eigenvalue weighted by Crippen LogP contribution is -2.36. The first-order chi connectivity index (χ1) is 9.95. The second kappa shape index (κ2) is 5.41. The number of fused-ring (bicyclic) bond motifs is 1. The maximum absolute atomic E-state index is 5.68. The molecule has 0 radical (unpaired) electrons. The van der Waals surface area contributed by atoms with Crippen LogP contribution in [0.5, 0.6) is 0 Å².